The fourth-order valence-electron chi connectivity index (χ4n) is 3.32. The molecule has 2 heterocycles. The predicted octanol–water partition coefficient (Wildman–Crippen LogP) is 3.53. The fourth-order valence-corrected chi connectivity index (χ4v) is 3.32. The highest BCUT2D eigenvalue weighted by Crippen LogP contribution is 2.15. The summed E-state index contributed by atoms with van der Waals surface area (Å²) in [6.45, 7) is 7.45. The number of hydrogen-bond donors (Lipinski definition) is 1. The molecule has 148 valence electrons. The Kier molecular flexibility index (Phi) is 8.53. The molecule has 1 N–H and O–H groups in total. The van der Waals surface area contributed by atoms with E-state index in [4.69, 9.17) is 4.99 Å². The number of hydrogen-bond acceptors (Lipinski definition) is 3. The zero-order chi connectivity index (χ0) is 18.4. The first-order valence-electron chi connectivity index (χ1n) is 9.63. The van der Waals surface area contributed by atoms with Crippen LogP contribution in [0.4, 0.5) is 0 Å². The second-order valence-electron chi connectivity index (χ2n) is 7.01. The molecule has 0 fully saturated rings. The van der Waals surface area contributed by atoms with Gasteiger partial charge in [-0.25, -0.2) is 4.99 Å². The third kappa shape index (κ3) is 5.92. The molecule has 7 heteroatoms. The van der Waals surface area contributed by atoms with Crippen LogP contribution in [0.3, 0.4) is 0 Å². The van der Waals surface area contributed by atoms with Crippen LogP contribution in [0.1, 0.15) is 49.0 Å². The molecular formula is C20H31IN6. The van der Waals surface area contributed by atoms with E-state index < -0.39 is 0 Å². The number of halogens is 1. The van der Waals surface area contributed by atoms with Crippen molar-refractivity contribution in [3.05, 3.63) is 47.0 Å². The molecule has 0 unspecified atom stereocenters. The fraction of sp³-hybridized carbons (Fsp3) is 0.550. The maximum Gasteiger partial charge on any atom is 0.194 e. The van der Waals surface area contributed by atoms with Gasteiger partial charge < -0.3 is 14.8 Å². The lowest BCUT2D eigenvalue weighted by atomic mass is 10.1. The van der Waals surface area contributed by atoms with Gasteiger partial charge in [-0.05, 0) is 32.3 Å². The van der Waals surface area contributed by atoms with Crippen molar-refractivity contribution < 1.29 is 0 Å². The second kappa shape index (κ2) is 10.6. The molecule has 0 spiro atoms. The SMILES string of the molecule is CCNC(=NCc1nnc2n1CCCCC2)N(C)Cc1ccc(C)cc1.I. The Balaban J connectivity index is 0.00000261. The Bertz CT molecular complexity index is 737. The van der Waals surface area contributed by atoms with Crippen LogP contribution in [0.2, 0.25) is 0 Å². The van der Waals surface area contributed by atoms with E-state index in [0.717, 1.165) is 43.7 Å². The highest BCUT2D eigenvalue weighted by atomic mass is 127. The second-order valence-corrected chi connectivity index (χ2v) is 7.01. The average Bonchev–Trinajstić information content (AvgIpc) is 2.87. The third-order valence-corrected chi connectivity index (χ3v) is 4.79. The van der Waals surface area contributed by atoms with Crippen molar-refractivity contribution in [1.29, 1.82) is 0 Å². The summed E-state index contributed by atoms with van der Waals surface area (Å²) in [6.07, 6.45) is 4.72. The number of aryl methyl sites for hydroxylation is 2. The lowest BCUT2D eigenvalue weighted by Crippen LogP contribution is -2.38. The summed E-state index contributed by atoms with van der Waals surface area (Å²) >= 11 is 0. The zero-order valence-corrected chi connectivity index (χ0v) is 18.9. The number of aliphatic imine (C=N–C) groups is 1. The Morgan fingerprint density at radius 2 is 1.96 bits per heavy atom. The first kappa shape index (κ1) is 21.7. The first-order valence-corrected chi connectivity index (χ1v) is 9.63. The normalized spacial score (nSPS) is 14.1. The molecule has 0 aliphatic carbocycles. The molecule has 2 aromatic rings. The average molecular weight is 482 g/mol. The highest BCUT2D eigenvalue weighted by molar-refractivity contribution is 14.0. The van der Waals surface area contributed by atoms with Gasteiger partial charge in [-0.2, -0.15) is 0 Å². The van der Waals surface area contributed by atoms with Crippen molar-refractivity contribution in [1.82, 2.24) is 25.0 Å². The first-order chi connectivity index (χ1) is 12.7. The van der Waals surface area contributed by atoms with Crippen molar-refractivity contribution in [3.8, 4) is 0 Å². The van der Waals surface area contributed by atoms with Crippen molar-refractivity contribution in [2.75, 3.05) is 13.6 Å². The van der Waals surface area contributed by atoms with Gasteiger partial charge in [0.1, 0.15) is 12.4 Å². The van der Waals surface area contributed by atoms with E-state index in [2.05, 4.69) is 70.1 Å². The number of aromatic nitrogens is 3. The van der Waals surface area contributed by atoms with Crippen LogP contribution >= 0.6 is 24.0 Å². The monoisotopic (exact) mass is 482 g/mol. The molecule has 0 atom stereocenters. The van der Waals surface area contributed by atoms with Gasteiger partial charge in [-0.1, -0.05) is 36.2 Å². The summed E-state index contributed by atoms with van der Waals surface area (Å²) in [7, 11) is 2.08. The summed E-state index contributed by atoms with van der Waals surface area (Å²) in [4.78, 5) is 6.98. The van der Waals surface area contributed by atoms with Crippen LogP contribution in [0.15, 0.2) is 29.3 Å². The van der Waals surface area contributed by atoms with E-state index in [1.165, 1.54) is 30.4 Å². The van der Waals surface area contributed by atoms with E-state index in [9.17, 15) is 0 Å². The quantitative estimate of drug-likeness (QED) is 0.403. The molecule has 0 saturated heterocycles. The molecular weight excluding hydrogens is 451 g/mol. The van der Waals surface area contributed by atoms with Crippen LogP contribution < -0.4 is 5.32 Å². The lowest BCUT2D eigenvalue weighted by Gasteiger charge is -2.22. The lowest BCUT2D eigenvalue weighted by molar-refractivity contribution is 0.475. The standard InChI is InChI=1S/C20H30N6.HI/c1-4-21-20(25(3)15-17-11-9-16(2)10-12-17)22-14-19-24-23-18-8-6-5-7-13-26(18)19;/h9-12H,4-8,13-15H2,1-3H3,(H,21,22);1H. The minimum atomic E-state index is 0. The van der Waals surface area contributed by atoms with Crippen LogP contribution in [-0.2, 0) is 26.1 Å². The molecule has 1 aromatic heterocycles. The Morgan fingerprint density at radius 3 is 2.70 bits per heavy atom. The van der Waals surface area contributed by atoms with Gasteiger partial charge in [-0.3, -0.25) is 0 Å². The Labute approximate surface area is 179 Å². The van der Waals surface area contributed by atoms with Crippen molar-refractivity contribution in [3.63, 3.8) is 0 Å². The minimum absolute atomic E-state index is 0. The summed E-state index contributed by atoms with van der Waals surface area (Å²) in [5, 5.41) is 12.1. The number of nitrogens with zero attached hydrogens (tertiary/aromatic N) is 5. The number of rotatable bonds is 5. The van der Waals surface area contributed by atoms with Gasteiger partial charge in [0.25, 0.3) is 0 Å². The van der Waals surface area contributed by atoms with Gasteiger partial charge in [0.15, 0.2) is 11.8 Å². The smallest absolute Gasteiger partial charge is 0.194 e. The number of fused-ring (bicyclic) bond motifs is 1. The topological polar surface area (TPSA) is 58.3 Å². The van der Waals surface area contributed by atoms with E-state index in [1.807, 2.05) is 0 Å². The van der Waals surface area contributed by atoms with Crippen LogP contribution in [-0.4, -0.2) is 39.2 Å². The summed E-state index contributed by atoms with van der Waals surface area (Å²) < 4.78 is 2.26. The van der Waals surface area contributed by atoms with E-state index in [1.54, 1.807) is 0 Å². The number of nitrogens with one attached hydrogen (secondary N) is 1. The molecule has 1 aromatic carbocycles. The molecule has 1 aliphatic rings. The van der Waals surface area contributed by atoms with Gasteiger partial charge in [0, 0.05) is 33.1 Å². The van der Waals surface area contributed by atoms with Crippen molar-refractivity contribution >= 4 is 29.9 Å². The predicted molar refractivity (Wildman–Crippen MR) is 120 cm³/mol. The summed E-state index contributed by atoms with van der Waals surface area (Å²) in [5.74, 6) is 2.99. The molecule has 27 heavy (non-hydrogen) atoms. The minimum Gasteiger partial charge on any atom is -0.357 e. The zero-order valence-electron chi connectivity index (χ0n) is 16.6. The number of guanidine groups is 1. The maximum atomic E-state index is 4.82. The van der Waals surface area contributed by atoms with Crippen molar-refractivity contribution in [2.24, 2.45) is 4.99 Å². The van der Waals surface area contributed by atoms with Gasteiger partial charge >= 0.3 is 0 Å². The molecule has 3 rings (SSSR count). The van der Waals surface area contributed by atoms with Crippen LogP contribution in [0.25, 0.3) is 0 Å². The third-order valence-electron chi connectivity index (χ3n) is 4.79. The van der Waals surface area contributed by atoms with E-state index >= 15 is 0 Å². The van der Waals surface area contributed by atoms with Gasteiger partial charge in [0.05, 0.1) is 0 Å². The van der Waals surface area contributed by atoms with Crippen LogP contribution in [0, 0.1) is 6.92 Å². The molecule has 0 radical (unpaired) electrons. The molecule has 0 bridgehead atoms. The van der Waals surface area contributed by atoms with Crippen molar-refractivity contribution in [2.45, 2.75) is 59.2 Å². The summed E-state index contributed by atoms with van der Waals surface area (Å²) in [5.41, 5.74) is 2.56. The van der Waals surface area contributed by atoms with E-state index in [-0.39, 0.29) is 24.0 Å². The number of benzene rings is 1. The molecule has 1 aliphatic heterocycles. The van der Waals surface area contributed by atoms with Gasteiger partial charge in [0.2, 0.25) is 0 Å². The highest BCUT2D eigenvalue weighted by Gasteiger charge is 2.15. The largest absolute Gasteiger partial charge is 0.357 e. The molecule has 0 amide bonds. The van der Waals surface area contributed by atoms with E-state index in [0.29, 0.717) is 6.54 Å². The molecule has 6 nitrogen and oxygen atoms in total. The Hall–Kier alpha value is -1.64. The summed E-state index contributed by atoms with van der Waals surface area (Å²) in [6, 6.07) is 8.65. The maximum absolute atomic E-state index is 4.82. The molecule has 0 saturated carbocycles. The van der Waals surface area contributed by atoms with Gasteiger partial charge in [-0.15, -0.1) is 34.2 Å². The van der Waals surface area contributed by atoms with Crippen LogP contribution in [0.5, 0.6) is 0 Å². The Morgan fingerprint density at radius 1 is 1.19 bits per heavy atom.